The molecule has 2 nitrogen and oxygen atoms in total. The molecule has 1 fully saturated rings. The Labute approximate surface area is 144 Å². The van der Waals surface area contributed by atoms with E-state index in [1.54, 1.807) is 0 Å². The topological polar surface area (TPSA) is 12.5 Å². The van der Waals surface area contributed by atoms with Crippen LogP contribution >= 0.6 is 11.6 Å². The Kier molecular flexibility index (Phi) is 5.71. The van der Waals surface area contributed by atoms with Crippen LogP contribution in [0.5, 0.6) is 0 Å². The van der Waals surface area contributed by atoms with E-state index in [1.165, 1.54) is 24.9 Å². The third-order valence-electron chi connectivity index (χ3n) is 4.63. The highest BCUT2D eigenvalue weighted by atomic mass is 35.5. The van der Waals surface area contributed by atoms with Crippen molar-refractivity contribution in [2.75, 3.05) is 19.7 Å². The van der Waals surface area contributed by atoms with Crippen LogP contribution in [0.4, 0.5) is 0 Å². The summed E-state index contributed by atoms with van der Waals surface area (Å²) in [4.78, 5) is 2.52. The van der Waals surface area contributed by atoms with Crippen LogP contribution in [0.2, 0.25) is 5.02 Å². The Morgan fingerprint density at radius 1 is 1.09 bits per heavy atom. The monoisotopic (exact) mass is 329 g/mol. The summed E-state index contributed by atoms with van der Waals surface area (Å²) in [7, 11) is 0. The summed E-state index contributed by atoms with van der Waals surface area (Å²) in [5.41, 5.74) is 2.33. The zero-order chi connectivity index (χ0) is 16.1. The van der Waals surface area contributed by atoms with Crippen molar-refractivity contribution in [1.82, 2.24) is 4.90 Å². The third-order valence-corrected chi connectivity index (χ3v) is 4.88. The average molecular weight is 330 g/mol. The highest BCUT2D eigenvalue weighted by molar-refractivity contribution is 6.30. The molecule has 1 aliphatic rings. The molecule has 3 heteroatoms. The zero-order valence-electron chi connectivity index (χ0n) is 13.6. The van der Waals surface area contributed by atoms with Gasteiger partial charge >= 0.3 is 0 Å². The summed E-state index contributed by atoms with van der Waals surface area (Å²) in [6.45, 7) is 5.24. The summed E-state index contributed by atoms with van der Waals surface area (Å²) < 4.78 is 6.28. The lowest BCUT2D eigenvalue weighted by atomic mass is 10.0. The van der Waals surface area contributed by atoms with E-state index in [0.29, 0.717) is 6.04 Å². The molecule has 122 valence electrons. The lowest BCUT2D eigenvalue weighted by Gasteiger charge is -2.24. The van der Waals surface area contributed by atoms with E-state index >= 15 is 0 Å². The fraction of sp³-hybridized carbons (Fsp3) is 0.400. The average Bonchev–Trinajstić information content (AvgIpc) is 2.99. The molecule has 2 aromatic rings. The number of nitrogens with zero attached hydrogens (tertiary/aromatic N) is 1. The van der Waals surface area contributed by atoms with E-state index in [2.05, 4.69) is 48.2 Å². The Morgan fingerprint density at radius 3 is 2.43 bits per heavy atom. The number of ether oxygens (including phenoxy) is 1. The molecule has 0 bridgehead atoms. The number of halogens is 1. The largest absolute Gasteiger partial charge is 0.367 e. The molecule has 0 radical (unpaired) electrons. The third kappa shape index (κ3) is 4.35. The van der Waals surface area contributed by atoms with Gasteiger partial charge in [0, 0.05) is 17.6 Å². The van der Waals surface area contributed by atoms with Gasteiger partial charge in [0.15, 0.2) is 0 Å². The highest BCUT2D eigenvalue weighted by Crippen LogP contribution is 2.27. The van der Waals surface area contributed by atoms with E-state index in [9.17, 15) is 0 Å². The van der Waals surface area contributed by atoms with Crippen LogP contribution in [0, 0.1) is 0 Å². The van der Waals surface area contributed by atoms with Crippen LogP contribution in [0.1, 0.15) is 37.0 Å². The van der Waals surface area contributed by atoms with Crippen molar-refractivity contribution < 1.29 is 4.74 Å². The Bertz CT molecular complexity index is 599. The van der Waals surface area contributed by atoms with E-state index in [4.69, 9.17) is 16.3 Å². The molecule has 2 aromatic carbocycles. The molecule has 0 saturated carbocycles. The molecule has 3 rings (SSSR count). The first-order valence-corrected chi connectivity index (χ1v) is 8.78. The lowest BCUT2D eigenvalue weighted by molar-refractivity contribution is 0.0585. The van der Waals surface area contributed by atoms with Crippen LogP contribution in [0.25, 0.3) is 0 Å². The van der Waals surface area contributed by atoms with Crippen LogP contribution in [-0.4, -0.2) is 30.6 Å². The van der Waals surface area contributed by atoms with Crippen LogP contribution < -0.4 is 0 Å². The van der Waals surface area contributed by atoms with Gasteiger partial charge in [-0.1, -0.05) is 54.1 Å². The van der Waals surface area contributed by atoms with Crippen molar-refractivity contribution in [2.45, 2.75) is 31.9 Å². The molecule has 2 atom stereocenters. The molecule has 1 unspecified atom stereocenters. The predicted molar refractivity (Wildman–Crippen MR) is 96.0 cm³/mol. The minimum absolute atomic E-state index is 0.0358. The van der Waals surface area contributed by atoms with Crippen molar-refractivity contribution >= 4 is 11.6 Å². The number of likely N-dealkylation sites (tertiary alicyclic amines) is 1. The quantitative estimate of drug-likeness (QED) is 0.745. The van der Waals surface area contributed by atoms with Gasteiger partial charge in [-0.25, -0.2) is 0 Å². The first-order valence-electron chi connectivity index (χ1n) is 8.40. The summed E-state index contributed by atoms with van der Waals surface area (Å²) in [6, 6.07) is 19.1. The molecule has 0 aromatic heterocycles. The van der Waals surface area contributed by atoms with Gasteiger partial charge in [0.1, 0.15) is 6.10 Å². The zero-order valence-corrected chi connectivity index (χ0v) is 14.4. The maximum absolute atomic E-state index is 6.28. The van der Waals surface area contributed by atoms with Gasteiger partial charge in [-0.05, 0) is 49.6 Å². The van der Waals surface area contributed by atoms with Gasteiger partial charge in [-0.15, -0.1) is 0 Å². The van der Waals surface area contributed by atoms with Crippen molar-refractivity contribution in [1.29, 1.82) is 0 Å². The number of hydrogen-bond acceptors (Lipinski definition) is 2. The molecular weight excluding hydrogens is 306 g/mol. The maximum Gasteiger partial charge on any atom is 0.108 e. The highest BCUT2D eigenvalue weighted by Gasteiger charge is 2.21. The van der Waals surface area contributed by atoms with E-state index < -0.39 is 0 Å². The number of hydrogen-bond donors (Lipinski definition) is 0. The SMILES string of the molecule is C[C@@H]1CCCN1CCOC(c1ccccc1)c1ccc(Cl)cc1. The molecule has 0 spiro atoms. The lowest BCUT2D eigenvalue weighted by Crippen LogP contribution is -2.30. The summed E-state index contributed by atoms with van der Waals surface area (Å²) in [5.74, 6) is 0. The standard InChI is InChI=1S/C20H24ClNO/c1-16-6-5-13-22(16)14-15-23-20(17-7-3-2-4-8-17)18-9-11-19(21)12-10-18/h2-4,7-12,16,20H,5-6,13-15H2,1H3/t16-,20?/m1/s1. The summed E-state index contributed by atoms with van der Waals surface area (Å²) >= 11 is 6.02. The van der Waals surface area contributed by atoms with Crippen molar-refractivity contribution in [3.8, 4) is 0 Å². The molecule has 1 aliphatic heterocycles. The first-order chi connectivity index (χ1) is 11.2. The second-order valence-electron chi connectivity index (χ2n) is 6.24. The van der Waals surface area contributed by atoms with Gasteiger partial charge in [0.2, 0.25) is 0 Å². The summed E-state index contributed by atoms with van der Waals surface area (Å²) in [5, 5.41) is 0.756. The Morgan fingerprint density at radius 2 is 1.78 bits per heavy atom. The fourth-order valence-electron chi connectivity index (χ4n) is 3.26. The van der Waals surface area contributed by atoms with Gasteiger partial charge < -0.3 is 4.74 Å². The molecular formula is C20H24ClNO. The van der Waals surface area contributed by atoms with Gasteiger partial charge in [-0.3, -0.25) is 4.90 Å². The number of benzene rings is 2. The van der Waals surface area contributed by atoms with Gasteiger partial charge in [0.05, 0.1) is 6.61 Å². The van der Waals surface area contributed by atoms with Crippen LogP contribution in [0.3, 0.4) is 0 Å². The second-order valence-corrected chi connectivity index (χ2v) is 6.68. The Balaban J connectivity index is 1.69. The van der Waals surface area contributed by atoms with Crippen LogP contribution in [0.15, 0.2) is 54.6 Å². The first kappa shape index (κ1) is 16.5. The molecule has 23 heavy (non-hydrogen) atoms. The minimum Gasteiger partial charge on any atom is -0.367 e. The molecule has 0 amide bonds. The fourth-order valence-corrected chi connectivity index (χ4v) is 3.39. The van der Waals surface area contributed by atoms with Gasteiger partial charge in [-0.2, -0.15) is 0 Å². The number of rotatable bonds is 6. The smallest absolute Gasteiger partial charge is 0.108 e. The van der Waals surface area contributed by atoms with Crippen LogP contribution in [-0.2, 0) is 4.74 Å². The van der Waals surface area contributed by atoms with Crippen molar-refractivity contribution in [3.63, 3.8) is 0 Å². The molecule has 1 saturated heterocycles. The maximum atomic E-state index is 6.28. The summed E-state index contributed by atoms with van der Waals surface area (Å²) in [6.07, 6.45) is 2.58. The van der Waals surface area contributed by atoms with E-state index in [0.717, 1.165) is 23.7 Å². The van der Waals surface area contributed by atoms with Gasteiger partial charge in [0.25, 0.3) is 0 Å². The molecule has 1 heterocycles. The van der Waals surface area contributed by atoms with E-state index in [1.807, 2.05) is 18.2 Å². The minimum atomic E-state index is -0.0358. The van der Waals surface area contributed by atoms with Crippen molar-refractivity contribution in [3.05, 3.63) is 70.7 Å². The normalized spacial score (nSPS) is 19.8. The Hall–Kier alpha value is -1.35. The molecule has 0 aliphatic carbocycles. The molecule has 0 N–H and O–H groups in total. The predicted octanol–water partition coefficient (Wildman–Crippen LogP) is 4.93. The van der Waals surface area contributed by atoms with E-state index in [-0.39, 0.29) is 6.10 Å². The van der Waals surface area contributed by atoms with Crippen molar-refractivity contribution in [2.24, 2.45) is 0 Å². The second kappa shape index (κ2) is 7.96.